The number of benzene rings is 6. The third-order valence-electron chi connectivity index (χ3n) is 8.04. The van der Waals surface area contributed by atoms with Gasteiger partial charge in [-0.25, -0.2) is 4.98 Å². The van der Waals surface area contributed by atoms with E-state index in [1.54, 1.807) is 0 Å². The molecule has 9 aromatic rings. The van der Waals surface area contributed by atoms with E-state index in [1.807, 2.05) is 30.3 Å². The Morgan fingerprint density at radius 2 is 1.15 bits per heavy atom. The Labute approximate surface area is 234 Å². The van der Waals surface area contributed by atoms with Crippen molar-refractivity contribution < 1.29 is 8.83 Å². The first-order chi connectivity index (χ1) is 20.3. The highest BCUT2D eigenvalue weighted by Crippen LogP contribution is 2.41. The van der Waals surface area contributed by atoms with Crippen LogP contribution >= 0.6 is 0 Å². The van der Waals surface area contributed by atoms with Crippen LogP contribution < -0.4 is 0 Å². The van der Waals surface area contributed by atoms with E-state index in [-0.39, 0.29) is 0 Å². The van der Waals surface area contributed by atoms with Crippen molar-refractivity contribution >= 4 is 54.9 Å². The van der Waals surface area contributed by atoms with E-state index in [0.717, 1.165) is 83.1 Å². The molecular weight excluding hydrogens is 504 g/mol. The summed E-state index contributed by atoms with van der Waals surface area (Å²) in [5.74, 6) is 0.925. The standard InChI is InChI=1S/C37H22N2O2/c1-2-9-24(10-3-1)37-38-31-14-5-6-15-32(31)39(37)25-19-17-23(18-20-25)26-12-8-13-28-30-22-21-29-27-11-4-7-16-33(27)40-35(29)36(30)41-34(26)28/h1-22H. The molecule has 9 rings (SSSR count). The molecule has 0 N–H and O–H groups in total. The van der Waals surface area contributed by atoms with Gasteiger partial charge in [-0.1, -0.05) is 91.0 Å². The van der Waals surface area contributed by atoms with Crippen LogP contribution in [0.3, 0.4) is 0 Å². The molecule has 0 unspecified atom stereocenters. The summed E-state index contributed by atoms with van der Waals surface area (Å²) in [5.41, 5.74) is 9.64. The van der Waals surface area contributed by atoms with E-state index in [9.17, 15) is 0 Å². The van der Waals surface area contributed by atoms with E-state index in [4.69, 9.17) is 13.8 Å². The van der Waals surface area contributed by atoms with Gasteiger partial charge in [-0.15, -0.1) is 0 Å². The van der Waals surface area contributed by atoms with Gasteiger partial charge >= 0.3 is 0 Å². The first-order valence-electron chi connectivity index (χ1n) is 13.7. The summed E-state index contributed by atoms with van der Waals surface area (Å²) in [4.78, 5) is 4.98. The van der Waals surface area contributed by atoms with Crippen molar-refractivity contribution in [2.75, 3.05) is 0 Å². The molecule has 0 radical (unpaired) electrons. The molecule has 0 saturated carbocycles. The first-order valence-corrected chi connectivity index (χ1v) is 13.7. The molecule has 0 spiro atoms. The van der Waals surface area contributed by atoms with Crippen molar-refractivity contribution in [1.29, 1.82) is 0 Å². The zero-order valence-corrected chi connectivity index (χ0v) is 21.9. The molecule has 0 fully saturated rings. The van der Waals surface area contributed by atoms with E-state index < -0.39 is 0 Å². The number of hydrogen-bond donors (Lipinski definition) is 0. The molecule has 4 heteroatoms. The van der Waals surface area contributed by atoms with Gasteiger partial charge in [0.2, 0.25) is 0 Å². The SMILES string of the molecule is c1ccc(-c2nc3ccccc3n2-c2ccc(-c3cccc4c3oc3c4ccc4c5ccccc5oc43)cc2)cc1. The van der Waals surface area contributed by atoms with Gasteiger partial charge in [-0.05, 0) is 48.0 Å². The summed E-state index contributed by atoms with van der Waals surface area (Å²) in [5, 5.41) is 4.31. The number of aromatic nitrogens is 2. The first kappa shape index (κ1) is 22.2. The molecule has 0 bridgehead atoms. The largest absolute Gasteiger partial charge is 0.452 e. The molecule has 0 aliphatic carbocycles. The molecular formula is C37H22N2O2. The number of nitrogens with zero attached hydrogens (tertiary/aromatic N) is 2. The fraction of sp³-hybridized carbons (Fsp3) is 0. The average Bonchev–Trinajstić information content (AvgIpc) is 3.73. The quantitative estimate of drug-likeness (QED) is 0.230. The molecule has 3 heterocycles. The number of furan rings is 2. The molecule has 4 nitrogen and oxygen atoms in total. The van der Waals surface area contributed by atoms with Gasteiger partial charge in [0, 0.05) is 38.4 Å². The highest BCUT2D eigenvalue weighted by atomic mass is 16.4. The zero-order chi connectivity index (χ0) is 26.9. The number of rotatable bonds is 3. The maximum absolute atomic E-state index is 6.61. The lowest BCUT2D eigenvalue weighted by Crippen LogP contribution is -1.97. The average molecular weight is 527 g/mol. The minimum atomic E-state index is 0.787. The second-order valence-electron chi connectivity index (χ2n) is 10.4. The zero-order valence-electron chi connectivity index (χ0n) is 21.9. The van der Waals surface area contributed by atoms with Crippen LogP contribution in [0.25, 0.3) is 83.1 Å². The Bertz CT molecular complexity index is 2410. The fourth-order valence-electron chi connectivity index (χ4n) is 6.12. The van der Waals surface area contributed by atoms with Gasteiger partial charge in [0.25, 0.3) is 0 Å². The Hall–Kier alpha value is -5.61. The Morgan fingerprint density at radius 3 is 2.02 bits per heavy atom. The van der Waals surface area contributed by atoms with Crippen molar-refractivity contribution in [3.8, 4) is 28.2 Å². The third-order valence-corrected chi connectivity index (χ3v) is 8.04. The number of imidazole rings is 1. The Balaban J connectivity index is 1.21. The lowest BCUT2D eigenvalue weighted by atomic mass is 10.0. The van der Waals surface area contributed by atoms with Gasteiger partial charge in [-0.3, -0.25) is 4.57 Å². The topological polar surface area (TPSA) is 44.1 Å². The van der Waals surface area contributed by atoms with Crippen LogP contribution in [-0.2, 0) is 0 Å². The predicted molar refractivity (Wildman–Crippen MR) is 166 cm³/mol. The summed E-state index contributed by atoms with van der Waals surface area (Å²) in [7, 11) is 0. The van der Waals surface area contributed by atoms with Crippen molar-refractivity contribution in [2.24, 2.45) is 0 Å². The molecule has 0 aliphatic rings. The van der Waals surface area contributed by atoms with Crippen molar-refractivity contribution in [3.63, 3.8) is 0 Å². The number of hydrogen-bond acceptors (Lipinski definition) is 3. The summed E-state index contributed by atoms with van der Waals surface area (Å²) in [6, 6.07) is 46.0. The fourth-order valence-corrected chi connectivity index (χ4v) is 6.12. The Morgan fingerprint density at radius 1 is 0.463 bits per heavy atom. The van der Waals surface area contributed by atoms with Crippen LogP contribution in [0.1, 0.15) is 0 Å². The lowest BCUT2D eigenvalue weighted by Gasteiger charge is -2.11. The molecule has 3 aromatic heterocycles. The van der Waals surface area contributed by atoms with E-state index in [0.29, 0.717) is 0 Å². The van der Waals surface area contributed by atoms with Crippen LogP contribution in [0.4, 0.5) is 0 Å². The van der Waals surface area contributed by atoms with Crippen molar-refractivity contribution in [1.82, 2.24) is 9.55 Å². The molecule has 192 valence electrons. The molecule has 6 aromatic carbocycles. The number of para-hydroxylation sites is 4. The molecule has 0 saturated heterocycles. The summed E-state index contributed by atoms with van der Waals surface area (Å²) in [6.07, 6.45) is 0. The molecule has 0 amide bonds. The highest BCUT2D eigenvalue weighted by Gasteiger charge is 2.19. The van der Waals surface area contributed by atoms with E-state index >= 15 is 0 Å². The van der Waals surface area contributed by atoms with Crippen LogP contribution in [0.2, 0.25) is 0 Å². The van der Waals surface area contributed by atoms with Crippen molar-refractivity contribution in [3.05, 3.63) is 133 Å². The summed E-state index contributed by atoms with van der Waals surface area (Å²) < 4.78 is 15.1. The normalized spacial score (nSPS) is 11.9. The predicted octanol–water partition coefficient (Wildman–Crippen LogP) is 10.2. The van der Waals surface area contributed by atoms with E-state index in [2.05, 4.69) is 108 Å². The third kappa shape index (κ3) is 3.25. The maximum atomic E-state index is 6.61. The number of fused-ring (bicyclic) bond motifs is 8. The van der Waals surface area contributed by atoms with Gasteiger partial charge in [-0.2, -0.15) is 0 Å². The second kappa shape index (κ2) is 8.44. The van der Waals surface area contributed by atoms with Crippen molar-refractivity contribution in [2.45, 2.75) is 0 Å². The van der Waals surface area contributed by atoms with Gasteiger partial charge in [0.1, 0.15) is 17.0 Å². The smallest absolute Gasteiger partial charge is 0.178 e. The monoisotopic (exact) mass is 526 g/mol. The summed E-state index contributed by atoms with van der Waals surface area (Å²) in [6.45, 7) is 0. The molecule has 0 atom stereocenters. The van der Waals surface area contributed by atoms with Crippen LogP contribution in [0.5, 0.6) is 0 Å². The van der Waals surface area contributed by atoms with Crippen LogP contribution in [0.15, 0.2) is 142 Å². The Kier molecular flexibility index (Phi) is 4.58. The lowest BCUT2D eigenvalue weighted by molar-refractivity contribution is 0.634. The highest BCUT2D eigenvalue weighted by molar-refractivity contribution is 6.20. The van der Waals surface area contributed by atoms with Crippen LogP contribution in [-0.4, -0.2) is 9.55 Å². The molecule has 41 heavy (non-hydrogen) atoms. The van der Waals surface area contributed by atoms with Gasteiger partial charge in [0.15, 0.2) is 11.2 Å². The van der Waals surface area contributed by atoms with Gasteiger partial charge < -0.3 is 8.83 Å². The van der Waals surface area contributed by atoms with Gasteiger partial charge in [0.05, 0.1) is 11.0 Å². The second-order valence-corrected chi connectivity index (χ2v) is 10.4. The maximum Gasteiger partial charge on any atom is 0.178 e. The summed E-state index contributed by atoms with van der Waals surface area (Å²) >= 11 is 0. The minimum Gasteiger partial charge on any atom is -0.452 e. The van der Waals surface area contributed by atoms with Crippen LogP contribution in [0, 0.1) is 0 Å². The van der Waals surface area contributed by atoms with E-state index in [1.165, 1.54) is 0 Å². The molecule has 0 aliphatic heterocycles. The minimum absolute atomic E-state index is 0.787.